The summed E-state index contributed by atoms with van der Waals surface area (Å²) < 4.78 is 53.5. The fourth-order valence-electron chi connectivity index (χ4n) is 7.20. The molecule has 0 radical (unpaired) electrons. The molecule has 0 bridgehead atoms. The molecule has 13 heteroatoms. The SMILES string of the molecule is C=C(C)[C@H]1C[C@H]2CN(S(=O)(=O)C3CCN(C(=O)OCc4ccccc4)CC3)CC[C@@H]2O[C@@H]1c1cc(Oc2cccc(Cl)c2)ccc1OCC(=O)O. The van der Waals surface area contributed by atoms with Gasteiger partial charge in [-0.2, -0.15) is 0 Å². The van der Waals surface area contributed by atoms with Gasteiger partial charge in [0.1, 0.15) is 23.9 Å². The van der Waals surface area contributed by atoms with Gasteiger partial charge in [0.2, 0.25) is 10.0 Å². The molecule has 3 aliphatic heterocycles. The molecule has 6 rings (SSSR count). The van der Waals surface area contributed by atoms with Crippen LogP contribution in [0.15, 0.2) is 84.9 Å². The largest absolute Gasteiger partial charge is 0.482 e. The number of rotatable bonds is 11. The smallest absolute Gasteiger partial charge is 0.410 e. The number of piperidine rings is 2. The summed E-state index contributed by atoms with van der Waals surface area (Å²) in [4.78, 5) is 25.7. The van der Waals surface area contributed by atoms with E-state index in [4.69, 9.17) is 30.5 Å². The van der Waals surface area contributed by atoms with Gasteiger partial charge in [-0.3, -0.25) is 0 Å². The topological polar surface area (TPSA) is 132 Å². The van der Waals surface area contributed by atoms with Crippen molar-refractivity contribution in [3.05, 3.63) is 101 Å². The van der Waals surface area contributed by atoms with Crippen molar-refractivity contribution in [2.75, 3.05) is 32.8 Å². The molecule has 11 nitrogen and oxygen atoms in total. The number of nitrogens with zero attached hydrogens (tertiary/aromatic N) is 2. The summed E-state index contributed by atoms with van der Waals surface area (Å²) in [6, 6.07) is 21.6. The Kier molecular flexibility index (Phi) is 11.6. The predicted octanol–water partition coefficient (Wildman–Crippen LogP) is 7.07. The van der Waals surface area contributed by atoms with Crippen LogP contribution in [0.4, 0.5) is 4.79 Å². The van der Waals surface area contributed by atoms with Crippen LogP contribution in [0.25, 0.3) is 0 Å². The summed E-state index contributed by atoms with van der Waals surface area (Å²) >= 11 is 6.16. The first-order valence-corrected chi connectivity index (χ1v) is 19.0. The van der Waals surface area contributed by atoms with Crippen LogP contribution in [0.1, 0.15) is 49.8 Å². The number of hydrogen-bond acceptors (Lipinski definition) is 8. The quantitative estimate of drug-likeness (QED) is 0.205. The highest BCUT2D eigenvalue weighted by Gasteiger charge is 2.46. The zero-order chi connectivity index (χ0) is 36.1. The summed E-state index contributed by atoms with van der Waals surface area (Å²) in [5, 5.41) is 9.28. The Morgan fingerprint density at radius 1 is 0.980 bits per heavy atom. The van der Waals surface area contributed by atoms with Gasteiger partial charge in [-0.05, 0) is 80.5 Å². The first-order chi connectivity index (χ1) is 24.5. The second-order valence-corrected chi connectivity index (χ2v) is 16.1. The average molecular weight is 739 g/mol. The van der Waals surface area contributed by atoms with Crippen LogP contribution in [0.5, 0.6) is 17.2 Å². The fraction of sp³-hybridized carbons (Fsp3) is 0.421. The van der Waals surface area contributed by atoms with E-state index in [1.54, 1.807) is 51.7 Å². The van der Waals surface area contributed by atoms with E-state index in [1.807, 2.05) is 37.3 Å². The first kappa shape index (κ1) is 36.7. The number of carboxylic acids is 1. The van der Waals surface area contributed by atoms with Gasteiger partial charge in [0, 0.05) is 42.7 Å². The number of fused-ring (bicyclic) bond motifs is 1. The Morgan fingerprint density at radius 3 is 2.43 bits per heavy atom. The lowest BCUT2D eigenvalue weighted by atomic mass is 9.76. The highest BCUT2D eigenvalue weighted by molar-refractivity contribution is 7.89. The number of amides is 1. The first-order valence-electron chi connectivity index (χ1n) is 17.2. The van der Waals surface area contributed by atoms with Crippen LogP contribution in [0.2, 0.25) is 5.02 Å². The lowest BCUT2D eigenvalue weighted by Crippen LogP contribution is -2.54. The number of carbonyl (C=O) groups excluding carboxylic acids is 1. The molecule has 0 saturated carbocycles. The summed E-state index contributed by atoms with van der Waals surface area (Å²) in [7, 11) is -3.63. The lowest BCUT2D eigenvalue weighted by molar-refractivity contribution is -0.139. The number of carboxylic acid groups (broad SMARTS) is 1. The monoisotopic (exact) mass is 738 g/mol. The number of aliphatic carboxylic acids is 1. The van der Waals surface area contributed by atoms with Crippen molar-refractivity contribution >= 4 is 33.7 Å². The molecule has 3 aromatic carbocycles. The number of carbonyl (C=O) groups is 2. The predicted molar refractivity (Wildman–Crippen MR) is 191 cm³/mol. The van der Waals surface area contributed by atoms with Crippen LogP contribution in [0, 0.1) is 11.8 Å². The maximum Gasteiger partial charge on any atom is 0.410 e. The van der Waals surface area contributed by atoms with Crippen molar-refractivity contribution in [2.45, 2.75) is 56.7 Å². The maximum atomic E-state index is 13.9. The van der Waals surface area contributed by atoms with Crippen molar-refractivity contribution in [3.63, 3.8) is 0 Å². The number of sulfonamides is 1. The second kappa shape index (κ2) is 16.1. The van der Waals surface area contributed by atoms with E-state index in [2.05, 4.69) is 6.58 Å². The summed E-state index contributed by atoms with van der Waals surface area (Å²) in [5.74, 6) is 0.0133. The third kappa shape index (κ3) is 8.86. The molecular weight excluding hydrogens is 696 g/mol. The van der Waals surface area contributed by atoms with Crippen LogP contribution < -0.4 is 9.47 Å². The molecule has 0 aliphatic carbocycles. The molecule has 0 aromatic heterocycles. The van der Waals surface area contributed by atoms with Gasteiger partial charge >= 0.3 is 12.1 Å². The van der Waals surface area contributed by atoms with Gasteiger partial charge in [0.25, 0.3) is 0 Å². The molecule has 51 heavy (non-hydrogen) atoms. The van der Waals surface area contributed by atoms with Crippen molar-refractivity contribution < 1.29 is 42.1 Å². The number of hydrogen-bond donors (Lipinski definition) is 1. The Balaban J connectivity index is 1.12. The Bertz CT molecular complexity index is 1830. The van der Waals surface area contributed by atoms with Gasteiger partial charge < -0.3 is 29.0 Å². The van der Waals surface area contributed by atoms with Crippen LogP contribution >= 0.6 is 11.6 Å². The highest BCUT2D eigenvalue weighted by atomic mass is 35.5. The Hall–Kier alpha value is -4.10. The average Bonchev–Trinajstić information content (AvgIpc) is 3.13. The third-order valence-corrected chi connectivity index (χ3v) is 12.5. The fourth-order valence-corrected chi connectivity index (χ4v) is 9.37. The number of benzene rings is 3. The molecule has 3 heterocycles. The van der Waals surface area contributed by atoms with Gasteiger partial charge in [0.15, 0.2) is 6.61 Å². The van der Waals surface area contributed by atoms with Crippen molar-refractivity contribution in [1.82, 2.24) is 9.21 Å². The van der Waals surface area contributed by atoms with Crippen molar-refractivity contribution in [1.29, 1.82) is 0 Å². The Labute approximate surface area is 303 Å². The van der Waals surface area contributed by atoms with E-state index in [9.17, 15) is 23.1 Å². The number of ether oxygens (including phenoxy) is 4. The molecule has 272 valence electrons. The molecule has 3 aromatic rings. The zero-order valence-corrected chi connectivity index (χ0v) is 30.1. The third-order valence-electron chi connectivity index (χ3n) is 9.86. The normalized spacial score (nSPS) is 22.8. The number of likely N-dealkylation sites (tertiary alicyclic amines) is 1. The molecule has 4 atom stereocenters. The molecule has 3 fully saturated rings. The minimum absolute atomic E-state index is 0.0752. The lowest BCUT2D eigenvalue weighted by Gasteiger charge is -2.47. The highest BCUT2D eigenvalue weighted by Crippen LogP contribution is 2.48. The summed E-state index contributed by atoms with van der Waals surface area (Å²) in [5.41, 5.74) is 2.38. The molecular formula is C38H43ClN2O9S. The zero-order valence-electron chi connectivity index (χ0n) is 28.5. The molecule has 0 unspecified atom stereocenters. The van der Waals surface area contributed by atoms with E-state index < -0.39 is 40.0 Å². The molecule has 1 N–H and O–H groups in total. The minimum Gasteiger partial charge on any atom is -0.482 e. The van der Waals surface area contributed by atoms with Crippen LogP contribution in [-0.2, 0) is 30.9 Å². The van der Waals surface area contributed by atoms with Gasteiger partial charge in [-0.25, -0.2) is 22.3 Å². The van der Waals surface area contributed by atoms with Crippen LogP contribution in [0.3, 0.4) is 0 Å². The standard InChI is InChI=1S/C38H43ClN2O9S/c1-25(2)32-19-27-22-41(51(45,46)31-13-16-40(17-14-31)38(44)48-23-26-7-4-3-5-8-26)18-15-34(27)50-37(32)33-21-30(11-12-35(33)47-24-36(42)43)49-29-10-6-9-28(39)20-29/h3-12,20-21,27,31-32,34,37H,1,13-19,22-24H2,2H3,(H,42,43)/t27-,32+,34-,37-/m0/s1. The van der Waals surface area contributed by atoms with Crippen molar-refractivity contribution in [2.24, 2.45) is 11.8 Å². The van der Waals surface area contributed by atoms with E-state index in [-0.39, 0.29) is 24.5 Å². The van der Waals surface area contributed by atoms with Gasteiger partial charge in [-0.15, -0.1) is 0 Å². The van der Waals surface area contributed by atoms with E-state index in [0.717, 1.165) is 11.1 Å². The Morgan fingerprint density at radius 2 is 1.73 bits per heavy atom. The van der Waals surface area contributed by atoms with E-state index in [1.165, 1.54) is 0 Å². The molecule has 3 saturated heterocycles. The molecule has 0 spiro atoms. The van der Waals surface area contributed by atoms with Gasteiger partial charge in [-0.1, -0.05) is 60.2 Å². The van der Waals surface area contributed by atoms with Gasteiger partial charge in [0.05, 0.1) is 17.5 Å². The summed E-state index contributed by atoms with van der Waals surface area (Å²) in [6.45, 7) is 7.07. The summed E-state index contributed by atoms with van der Waals surface area (Å²) in [6.07, 6.45) is 0.610. The molecule has 3 aliphatic rings. The van der Waals surface area contributed by atoms with E-state index in [0.29, 0.717) is 79.7 Å². The molecule has 1 amide bonds. The number of halogens is 1. The second-order valence-electron chi connectivity index (χ2n) is 13.4. The van der Waals surface area contributed by atoms with Crippen LogP contribution in [-0.4, -0.2) is 78.9 Å². The minimum atomic E-state index is -3.63. The van der Waals surface area contributed by atoms with Crippen molar-refractivity contribution in [3.8, 4) is 17.2 Å². The van der Waals surface area contributed by atoms with E-state index >= 15 is 0 Å². The maximum absolute atomic E-state index is 13.9.